The maximum atomic E-state index is 5.65. The predicted octanol–water partition coefficient (Wildman–Crippen LogP) is 4.31. The van der Waals surface area contributed by atoms with Crippen molar-refractivity contribution >= 4 is 0 Å². The van der Waals surface area contributed by atoms with Gasteiger partial charge in [0.05, 0.1) is 6.61 Å². The minimum absolute atomic E-state index is 0.698. The average molecular weight is 226 g/mol. The van der Waals surface area contributed by atoms with Gasteiger partial charge in [-0.25, -0.2) is 0 Å². The van der Waals surface area contributed by atoms with Gasteiger partial charge < -0.3 is 4.74 Å². The molecule has 0 heterocycles. The minimum atomic E-state index is 0.698. The van der Waals surface area contributed by atoms with Crippen molar-refractivity contribution in [1.29, 1.82) is 0 Å². The van der Waals surface area contributed by atoms with E-state index in [1.165, 1.54) is 11.1 Å². The van der Waals surface area contributed by atoms with Crippen molar-refractivity contribution in [1.82, 2.24) is 0 Å². The minimum Gasteiger partial charge on any atom is -0.493 e. The van der Waals surface area contributed by atoms with Crippen molar-refractivity contribution in [3.63, 3.8) is 0 Å². The van der Waals surface area contributed by atoms with Crippen molar-refractivity contribution in [2.75, 3.05) is 6.61 Å². The summed E-state index contributed by atoms with van der Waals surface area (Å²) in [5, 5.41) is 0. The lowest BCUT2D eigenvalue weighted by atomic mass is 10.0. The van der Waals surface area contributed by atoms with Crippen LogP contribution in [0, 0.1) is 0 Å². The van der Waals surface area contributed by atoms with Crippen LogP contribution in [0.4, 0.5) is 0 Å². The first-order valence-electron chi connectivity index (χ1n) is 6.16. The predicted molar refractivity (Wildman–Crippen MR) is 72.4 cm³/mol. The fourth-order valence-electron chi connectivity index (χ4n) is 1.91. The van der Waals surface area contributed by atoms with Gasteiger partial charge in [0.2, 0.25) is 0 Å². The number of benzene rings is 2. The van der Waals surface area contributed by atoms with Crippen LogP contribution < -0.4 is 4.74 Å². The Labute approximate surface area is 103 Å². The molecule has 1 nitrogen and oxygen atoms in total. The van der Waals surface area contributed by atoms with Crippen LogP contribution in [0.3, 0.4) is 0 Å². The molecule has 0 aliphatic heterocycles. The van der Waals surface area contributed by atoms with Crippen molar-refractivity contribution < 1.29 is 4.74 Å². The van der Waals surface area contributed by atoms with Crippen LogP contribution in [-0.4, -0.2) is 6.61 Å². The maximum absolute atomic E-state index is 5.65. The third-order valence-electron chi connectivity index (χ3n) is 2.86. The molecule has 2 aromatic carbocycles. The lowest BCUT2D eigenvalue weighted by molar-refractivity contribution is 0.341. The first-order valence-corrected chi connectivity index (χ1v) is 6.16. The summed E-state index contributed by atoms with van der Waals surface area (Å²) < 4.78 is 5.65. The van der Waals surface area contributed by atoms with Gasteiger partial charge in [-0.05, 0) is 30.5 Å². The molecule has 0 aromatic heterocycles. The van der Waals surface area contributed by atoms with Crippen LogP contribution in [-0.2, 0) is 6.42 Å². The number of aryl methyl sites for hydroxylation is 1. The standard InChI is InChI=1S/C16H18O/c1-3-13-9-11-14(12-10-13)15-7-5-6-8-16(15)17-4-2/h5-12H,3-4H2,1-2H3. The topological polar surface area (TPSA) is 9.23 Å². The quantitative estimate of drug-likeness (QED) is 0.754. The lowest BCUT2D eigenvalue weighted by Gasteiger charge is -2.10. The summed E-state index contributed by atoms with van der Waals surface area (Å²) in [5.74, 6) is 0.958. The molecule has 2 aromatic rings. The largest absolute Gasteiger partial charge is 0.493 e. The molecule has 2 rings (SSSR count). The van der Waals surface area contributed by atoms with Crippen LogP contribution in [0.15, 0.2) is 48.5 Å². The van der Waals surface area contributed by atoms with E-state index < -0.39 is 0 Å². The first-order chi connectivity index (χ1) is 8.35. The van der Waals surface area contributed by atoms with E-state index in [2.05, 4.69) is 37.3 Å². The number of rotatable bonds is 4. The summed E-state index contributed by atoms with van der Waals surface area (Å²) in [6.45, 7) is 4.88. The monoisotopic (exact) mass is 226 g/mol. The van der Waals surface area contributed by atoms with E-state index in [-0.39, 0.29) is 0 Å². The van der Waals surface area contributed by atoms with Crippen LogP contribution in [0.25, 0.3) is 11.1 Å². The van der Waals surface area contributed by atoms with Gasteiger partial charge in [-0.2, -0.15) is 0 Å². The molecule has 0 bridgehead atoms. The molecule has 0 saturated carbocycles. The SMILES string of the molecule is CCOc1ccccc1-c1ccc(CC)cc1. The summed E-state index contributed by atoms with van der Waals surface area (Å²) >= 11 is 0. The van der Waals surface area contributed by atoms with E-state index in [1.54, 1.807) is 0 Å². The molecule has 0 aliphatic carbocycles. The summed E-state index contributed by atoms with van der Waals surface area (Å²) in [7, 11) is 0. The Balaban J connectivity index is 2.37. The first kappa shape index (κ1) is 11.7. The smallest absolute Gasteiger partial charge is 0.127 e. The highest BCUT2D eigenvalue weighted by Crippen LogP contribution is 2.29. The number of para-hydroxylation sites is 1. The van der Waals surface area contributed by atoms with Crippen molar-refractivity contribution in [2.45, 2.75) is 20.3 Å². The van der Waals surface area contributed by atoms with Crippen LogP contribution >= 0.6 is 0 Å². The third-order valence-corrected chi connectivity index (χ3v) is 2.86. The van der Waals surface area contributed by atoms with E-state index in [0.29, 0.717) is 6.61 Å². The zero-order chi connectivity index (χ0) is 12.1. The Morgan fingerprint density at radius 1 is 0.882 bits per heavy atom. The Morgan fingerprint density at radius 2 is 1.59 bits per heavy atom. The molecule has 0 spiro atoms. The molecule has 0 radical (unpaired) electrons. The summed E-state index contributed by atoms with van der Waals surface area (Å²) in [6, 6.07) is 16.9. The molecule has 0 unspecified atom stereocenters. The van der Waals surface area contributed by atoms with Gasteiger partial charge >= 0.3 is 0 Å². The van der Waals surface area contributed by atoms with Crippen molar-refractivity contribution in [3.8, 4) is 16.9 Å². The van der Waals surface area contributed by atoms with Gasteiger partial charge in [-0.3, -0.25) is 0 Å². The van der Waals surface area contributed by atoms with Gasteiger partial charge in [0, 0.05) is 5.56 Å². The Morgan fingerprint density at radius 3 is 2.24 bits per heavy atom. The second-order valence-corrected chi connectivity index (χ2v) is 3.98. The van der Waals surface area contributed by atoms with E-state index in [0.717, 1.165) is 17.7 Å². The zero-order valence-electron chi connectivity index (χ0n) is 10.4. The van der Waals surface area contributed by atoms with Crippen LogP contribution in [0.5, 0.6) is 5.75 Å². The number of hydrogen-bond donors (Lipinski definition) is 0. The van der Waals surface area contributed by atoms with E-state index >= 15 is 0 Å². The van der Waals surface area contributed by atoms with Gasteiger partial charge in [0.15, 0.2) is 0 Å². The summed E-state index contributed by atoms with van der Waals surface area (Å²) in [5.41, 5.74) is 3.74. The lowest BCUT2D eigenvalue weighted by Crippen LogP contribution is -1.93. The van der Waals surface area contributed by atoms with Gasteiger partial charge in [-0.15, -0.1) is 0 Å². The fraction of sp³-hybridized carbons (Fsp3) is 0.250. The van der Waals surface area contributed by atoms with Gasteiger partial charge in [0.25, 0.3) is 0 Å². The molecule has 0 amide bonds. The van der Waals surface area contributed by atoms with Gasteiger partial charge in [-0.1, -0.05) is 49.4 Å². The molecule has 0 aliphatic rings. The average Bonchev–Trinajstić information content (AvgIpc) is 2.40. The van der Waals surface area contributed by atoms with E-state index in [4.69, 9.17) is 4.74 Å². The number of ether oxygens (including phenoxy) is 1. The highest BCUT2D eigenvalue weighted by atomic mass is 16.5. The third kappa shape index (κ3) is 2.68. The molecule has 1 heteroatoms. The normalized spacial score (nSPS) is 10.2. The van der Waals surface area contributed by atoms with E-state index in [1.807, 2.05) is 25.1 Å². The zero-order valence-corrected chi connectivity index (χ0v) is 10.4. The van der Waals surface area contributed by atoms with Crippen molar-refractivity contribution in [3.05, 3.63) is 54.1 Å². The molecule has 0 fully saturated rings. The Bertz CT molecular complexity index is 471. The highest BCUT2D eigenvalue weighted by Gasteiger charge is 2.04. The van der Waals surface area contributed by atoms with E-state index in [9.17, 15) is 0 Å². The second kappa shape index (κ2) is 5.53. The van der Waals surface area contributed by atoms with Gasteiger partial charge in [0.1, 0.15) is 5.75 Å². The molecule has 17 heavy (non-hydrogen) atoms. The molecular weight excluding hydrogens is 208 g/mol. The van der Waals surface area contributed by atoms with Crippen molar-refractivity contribution in [2.24, 2.45) is 0 Å². The molecular formula is C16H18O. The molecule has 0 atom stereocenters. The fourth-order valence-corrected chi connectivity index (χ4v) is 1.91. The molecule has 0 N–H and O–H groups in total. The Hall–Kier alpha value is -1.76. The Kier molecular flexibility index (Phi) is 3.81. The molecule has 0 saturated heterocycles. The maximum Gasteiger partial charge on any atom is 0.127 e. The molecule has 88 valence electrons. The highest BCUT2D eigenvalue weighted by molar-refractivity contribution is 5.70. The van der Waals surface area contributed by atoms with Crippen LogP contribution in [0.2, 0.25) is 0 Å². The van der Waals surface area contributed by atoms with Crippen LogP contribution in [0.1, 0.15) is 19.4 Å². The second-order valence-electron chi connectivity index (χ2n) is 3.98. The number of hydrogen-bond acceptors (Lipinski definition) is 1. The summed E-state index contributed by atoms with van der Waals surface area (Å²) in [4.78, 5) is 0. The summed E-state index contributed by atoms with van der Waals surface area (Å²) in [6.07, 6.45) is 1.08.